The molecule has 1 rings (SSSR count). The first-order chi connectivity index (χ1) is 6.38. The van der Waals surface area contributed by atoms with Gasteiger partial charge in [0, 0.05) is 11.6 Å². The van der Waals surface area contributed by atoms with Crippen molar-refractivity contribution < 1.29 is 4.42 Å². The Bertz CT molecular complexity index is 231. The zero-order valence-electron chi connectivity index (χ0n) is 7.70. The van der Waals surface area contributed by atoms with Gasteiger partial charge in [0.05, 0.1) is 12.5 Å². The summed E-state index contributed by atoms with van der Waals surface area (Å²) in [6.07, 6.45) is 8.41. The number of hydrazine groups is 1. The predicted octanol–water partition coefficient (Wildman–Crippen LogP) is 2.14. The molecule has 13 heavy (non-hydrogen) atoms. The third-order valence-corrected chi connectivity index (χ3v) is 2.05. The van der Waals surface area contributed by atoms with Gasteiger partial charge in [0.2, 0.25) is 0 Å². The molecule has 0 amide bonds. The van der Waals surface area contributed by atoms with E-state index in [-0.39, 0.29) is 6.04 Å². The van der Waals surface area contributed by atoms with E-state index >= 15 is 0 Å². The highest BCUT2D eigenvalue weighted by Gasteiger charge is 2.09. The van der Waals surface area contributed by atoms with Crippen molar-refractivity contribution in [1.29, 1.82) is 0 Å². The smallest absolute Gasteiger partial charge is 0.0950 e. The lowest BCUT2D eigenvalue weighted by atomic mass is 10.0. The molecular formula is C10H16N2O. The van der Waals surface area contributed by atoms with E-state index in [1.54, 1.807) is 12.5 Å². The second kappa shape index (κ2) is 5.56. The molecule has 3 N–H and O–H groups in total. The van der Waals surface area contributed by atoms with Gasteiger partial charge in [-0.25, -0.2) is 0 Å². The van der Waals surface area contributed by atoms with E-state index in [0.29, 0.717) is 0 Å². The van der Waals surface area contributed by atoms with Crippen LogP contribution in [0, 0.1) is 0 Å². The molecule has 3 nitrogen and oxygen atoms in total. The van der Waals surface area contributed by atoms with Crippen molar-refractivity contribution in [3.8, 4) is 0 Å². The molecule has 0 aliphatic carbocycles. The summed E-state index contributed by atoms with van der Waals surface area (Å²) in [5, 5.41) is 0. The number of nitrogens with one attached hydrogen (secondary N) is 1. The summed E-state index contributed by atoms with van der Waals surface area (Å²) in [7, 11) is 0. The fourth-order valence-corrected chi connectivity index (χ4v) is 1.29. The number of rotatable bonds is 6. The van der Waals surface area contributed by atoms with E-state index in [4.69, 9.17) is 10.3 Å². The van der Waals surface area contributed by atoms with Gasteiger partial charge in [0.15, 0.2) is 0 Å². The van der Waals surface area contributed by atoms with Gasteiger partial charge in [-0.05, 0) is 25.3 Å². The van der Waals surface area contributed by atoms with Crippen LogP contribution < -0.4 is 11.3 Å². The molecule has 1 aromatic rings. The standard InChI is InChI=1S/C10H16N2O/c1-2-3-4-5-10(12-11)9-6-7-13-8-9/h2,6-8,10,12H,1,3-5,11H2. The van der Waals surface area contributed by atoms with E-state index in [2.05, 4.69) is 12.0 Å². The number of unbranched alkanes of at least 4 members (excludes halogenated alkanes) is 1. The first-order valence-corrected chi connectivity index (χ1v) is 4.47. The number of furan rings is 1. The largest absolute Gasteiger partial charge is 0.472 e. The van der Waals surface area contributed by atoms with Crippen LogP contribution in [0.25, 0.3) is 0 Å². The van der Waals surface area contributed by atoms with Gasteiger partial charge >= 0.3 is 0 Å². The molecular weight excluding hydrogens is 164 g/mol. The molecule has 0 aromatic carbocycles. The average Bonchev–Trinajstić information content (AvgIpc) is 2.65. The van der Waals surface area contributed by atoms with Gasteiger partial charge < -0.3 is 4.42 Å². The quantitative estimate of drug-likeness (QED) is 0.305. The number of nitrogens with two attached hydrogens (primary N) is 1. The zero-order valence-corrected chi connectivity index (χ0v) is 7.70. The van der Waals surface area contributed by atoms with Gasteiger partial charge in [0.25, 0.3) is 0 Å². The molecule has 1 unspecified atom stereocenters. The SMILES string of the molecule is C=CCCCC(NN)c1ccoc1. The first kappa shape index (κ1) is 10.0. The highest BCUT2D eigenvalue weighted by molar-refractivity contribution is 5.10. The molecule has 1 aromatic heterocycles. The van der Waals surface area contributed by atoms with Crippen molar-refractivity contribution in [3.05, 3.63) is 36.8 Å². The fourth-order valence-electron chi connectivity index (χ4n) is 1.29. The summed E-state index contributed by atoms with van der Waals surface area (Å²) in [5.41, 5.74) is 3.87. The van der Waals surface area contributed by atoms with Crippen molar-refractivity contribution in [2.75, 3.05) is 0 Å². The summed E-state index contributed by atoms with van der Waals surface area (Å²) >= 11 is 0. The van der Waals surface area contributed by atoms with Gasteiger partial charge in [-0.15, -0.1) is 6.58 Å². The Morgan fingerprint density at radius 2 is 2.54 bits per heavy atom. The third kappa shape index (κ3) is 3.05. The first-order valence-electron chi connectivity index (χ1n) is 4.47. The lowest BCUT2D eigenvalue weighted by Gasteiger charge is -2.12. The molecule has 3 heteroatoms. The second-order valence-corrected chi connectivity index (χ2v) is 3.00. The van der Waals surface area contributed by atoms with Crippen LogP contribution in [0.5, 0.6) is 0 Å². The van der Waals surface area contributed by atoms with Crippen LogP contribution in [0.2, 0.25) is 0 Å². The lowest BCUT2D eigenvalue weighted by Crippen LogP contribution is -2.27. The van der Waals surface area contributed by atoms with Gasteiger partial charge in [-0.1, -0.05) is 6.08 Å². The van der Waals surface area contributed by atoms with Crippen LogP contribution in [-0.4, -0.2) is 0 Å². The monoisotopic (exact) mass is 180 g/mol. The molecule has 1 atom stereocenters. The maximum absolute atomic E-state index is 5.43. The van der Waals surface area contributed by atoms with Crippen molar-refractivity contribution in [3.63, 3.8) is 0 Å². The van der Waals surface area contributed by atoms with Gasteiger partial charge in [-0.3, -0.25) is 11.3 Å². The summed E-state index contributed by atoms with van der Waals surface area (Å²) in [4.78, 5) is 0. The Hall–Kier alpha value is -1.06. The minimum absolute atomic E-state index is 0.193. The molecule has 0 saturated heterocycles. The van der Waals surface area contributed by atoms with Crippen LogP contribution in [0.15, 0.2) is 35.7 Å². The molecule has 1 heterocycles. The molecule has 0 saturated carbocycles. The van der Waals surface area contributed by atoms with Crippen LogP contribution in [-0.2, 0) is 0 Å². The van der Waals surface area contributed by atoms with Crippen molar-refractivity contribution in [2.45, 2.75) is 25.3 Å². The highest BCUT2D eigenvalue weighted by atomic mass is 16.3. The third-order valence-electron chi connectivity index (χ3n) is 2.05. The summed E-state index contributed by atoms with van der Waals surface area (Å²) in [6, 6.07) is 2.12. The molecule has 72 valence electrons. The van der Waals surface area contributed by atoms with E-state index in [1.165, 1.54) is 0 Å². The highest BCUT2D eigenvalue weighted by Crippen LogP contribution is 2.18. The van der Waals surface area contributed by atoms with E-state index in [9.17, 15) is 0 Å². The maximum Gasteiger partial charge on any atom is 0.0950 e. The van der Waals surface area contributed by atoms with Gasteiger partial charge in [0.1, 0.15) is 0 Å². The predicted molar refractivity (Wildman–Crippen MR) is 52.8 cm³/mol. The Labute approximate surface area is 78.6 Å². The van der Waals surface area contributed by atoms with Crippen LogP contribution >= 0.6 is 0 Å². The molecule has 0 aliphatic rings. The Morgan fingerprint density at radius 1 is 1.69 bits per heavy atom. The fraction of sp³-hybridized carbons (Fsp3) is 0.400. The van der Waals surface area contributed by atoms with E-state index < -0.39 is 0 Å². The maximum atomic E-state index is 5.43. The number of hydrogen-bond acceptors (Lipinski definition) is 3. The second-order valence-electron chi connectivity index (χ2n) is 3.00. The van der Waals surface area contributed by atoms with Crippen molar-refractivity contribution >= 4 is 0 Å². The Morgan fingerprint density at radius 3 is 3.08 bits per heavy atom. The number of hydrogen-bond donors (Lipinski definition) is 2. The lowest BCUT2D eigenvalue weighted by molar-refractivity contribution is 0.489. The Balaban J connectivity index is 2.39. The molecule has 0 spiro atoms. The summed E-state index contributed by atoms with van der Waals surface area (Å²) in [6.45, 7) is 3.68. The normalized spacial score (nSPS) is 12.7. The molecule has 0 radical (unpaired) electrons. The topological polar surface area (TPSA) is 51.2 Å². The van der Waals surface area contributed by atoms with E-state index in [0.717, 1.165) is 24.8 Å². The van der Waals surface area contributed by atoms with Crippen LogP contribution in [0.4, 0.5) is 0 Å². The molecule has 0 bridgehead atoms. The molecule has 0 fully saturated rings. The molecule has 0 aliphatic heterocycles. The van der Waals surface area contributed by atoms with Crippen molar-refractivity contribution in [2.24, 2.45) is 5.84 Å². The minimum Gasteiger partial charge on any atom is -0.472 e. The van der Waals surface area contributed by atoms with E-state index in [1.807, 2.05) is 12.1 Å². The number of allylic oxidation sites excluding steroid dienone is 1. The minimum atomic E-state index is 0.193. The summed E-state index contributed by atoms with van der Waals surface area (Å²) in [5.74, 6) is 5.43. The van der Waals surface area contributed by atoms with Crippen LogP contribution in [0.1, 0.15) is 30.9 Å². The Kier molecular flexibility index (Phi) is 4.29. The van der Waals surface area contributed by atoms with Gasteiger partial charge in [-0.2, -0.15) is 0 Å². The summed E-state index contributed by atoms with van der Waals surface area (Å²) < 4.78 is 4.99. The zero-order chi connectivity index (χ0) is 9.52. The van der Waals surface area contributed by atoms with Crippen molar-refractivity contribution in [1.82, 2.24) is 5.43 Å². The average molecular weight is 180 g/mol. The van der Waals surface area contributed by atoms with Crippen LogP contribution in [0.3, 0.4) is 0 Å².